The second-order valence-corrected chi connectivity index (χ2v) is 8.31. The lowest BCUT2D eigenvalue weighted by Crippen LogP contribution is -2.59. The highest BCUT2D eigenvalue weighted by atomic mass is 32.1. The standard InChI is InChI=1S/C20H30N2O2S/c1-21(15-19-14-18(16-25-19)6-5-11-23)17-20(7-3-2-4-8-20)22-9-12-24-13-10-22/h14,16,23H,2-4,7-13,15,17H2,1H3. The summed E-state index contributed by atoms with van der Waals surface area (Å²) in [6.45, 7) is 5.93. The highest BCUT2D eigenvalue weighted by Gasteiger charge is 2.39. The van der Waals surface area contributed by atoms with E-state index in [0.717, 1.165) is 45.0 Å². The van der Waals surface area contributed by atoms with E-state index < -0.39 is 0 Å². The van der Waals surface area contributed by atoms with Crippen LogP contribution in [0.4, 0.5) is 0 Å². The van der Waals surface area contributed by atoms with E-state index in [1.54, 1.807) is 11.3 Å². The van der Waals surface area contributed by atoms with E-state index in [4.69, 9.17) is 9.84 Å². The van der Waals surface area contributed by atoms with Gasteiger partial charge in [0.25, 0.3) is 0 Å². The molecule has 5 heteroatoms. The van der Waals surface area contributed by atoms with Crippen molar-refractivity contribution < 1.29 is 9.84 Å². The monoisotopic (exact) mass is 362 g/mol. The molecule has 25 heavy (non-hydrogen) atoms. The average Bonchev–Trinajstić information content (AvgIpc) is 3.08. The molecular formula is C20H30N2O2S. The minimum atomic E-state index is -0.0762. The molecule has 2 fully saturated rings. The Morgan fingerprint density at radius 2 is 2.04 bits per heavy atom. The van der Waals surface area contributed by atoms with Crippen LogP contribution >= 0.6 is 11.3 Å². The molecular weight excluding hydrogens is 332 g/mol. The van der Waals surface area contributed by atoms with Gasteiger partial charge in [0.15, 0.2) is 0 Å². The largest absolute Gasteiger partial charge is 0.384 e. The minimum Gasteiger partial charge on any atom is -0.384 e. The number of morpholine rings is 1. The second-order valence-electron chi connectivity index (χ2n) is 7.32. The molecule has 4 nitrogen and oxygen atoms in total. The maximum absolute atomic E-state index is 8.82. The fraction of sp³-hybridized carbons (Fsp3) is 0.700. The van der Waals surface area contributed by atoms with E-state index in [9.17, 15) is 0 Å². The number of thiophene rings is 1. The van der Waals surface area contributed by atoms with Crippen LogP contribution < -0.4 is 0 Å². The molecule has 138 valence electrons. The number of nitrogens with zero attached hydrogens (tertiary/aromatic N) is 2. The van der Waals surface area contributed by atoms with E-state index in [1.165, 1.54) is 37.0 Å². The molecule has 2 aliphatic rings. The predicted octanol–water partition coefficient (Wildman–Crippen LogP) is 2.56. The van der Waals surface area contributed by atoms with E-state index in [1.807, 2.05) is 0 Å². The number of rotatable bonds is 5. The van der Waals surface area contributed by atoms with Crippen molar-refractivity contribution >= 4 is 11.3 Å². The third kappa shape index (κ3) is 5.06. The third-order valence-corrected chi connectivity index (χ3v) is 6.34. The van der Waals surface area contributed by atoms with Crippen LogP contribution in [0.3, 0.4) is 0 Å². The van der Waals surface area contributed by atoms with Crippen LogP contribution in [0.1, 0.15) is 42.5 Å². The van der Waals surface area contributed by atoms with Gasteiger partial charge in [-0.2, -0.15) is 0 Å². The Bertz CT molecular complexity index is 592. The lowest BCUT2D eigenvalue weighted by Gasteiger charge is -2.49. The molecule has 0 bridgehead atoms. The molecule has 0 amide bonds. The molecule has 1 aliphatic heterocycles. The first kappa shape index (κ1) is 18.9. The van der Waals surface area contributed by atoms with Crippen molar-refractivity contribution in [2.24, 2.45) is 0 Å². The van der Waals surface area contributed by atoms with Gasteiger partial charge in [0.05, 0.1) is 13.2 Å². The Morgan fingerprint density at radius 3 is 2.76 bits per heavy atom. The zero-order valence-corrected chi connectivity index (χ0v) is 16.1. The van der Waals surface area contributed by atoms with Gasteiger partial charge in [-0.25, -0.2) is 0 Å². The first-order valence-electron chi connectivity index (χ1n) is 9.40. The summed E-state index contributed by atoms with van der Waals surface area (Å²) in [5, 5.41) is 10.9. The number of aliphatic hydroxyl groups excluding tert-OH is 1. The molecule has 0 radical (unpaired) electrons. The van der Waals surface area contributed by atoms with Crippen molar-refractivity contribution in [3.05, 3.63) is 21.9 Å². The van der Waals surface area contributed by atoms with Crippen LogP contribution in [0.15, 0.2) is 11.4 Å². The van der Waals surface area contributed by atoms with Crippen LogP contribution in [0.2, 0.25) is 0 Å². The molecule has 1 N–H and O–H groups in total. The number of ether oxygens (including phenoxy) is 1. The number of hydrogen-bond acceptors (Lipinski definition) is 5. The van der Waals surface area contributed by atoms with Crippen molar-refractivity contribution in [3.8, 4) is 11.8 Å². The van der Waals surface area contributed by atoms with Crippen LogP contribution in [-0.2, 0) is 11.3 Å². The van der Waals surface area contributed by atoms with E-state index in [-0.39, 0.29) is 6.61 Å². The summed E-state index contributed by atoms with van der Waals surface area (Å²) in [7, 11) is 2.25. The van der Waals surface area contributed by atoms with Gasteiger partial charge < -0.3 is 9.84 Å². The summed E-state index contributed by atoms with van der Waals surface area (Å²) >= 11 is 1.77. The molecule has 0 spiro atoms. The van der Waals surface area contributed by atoms with Gasteiger partial charge in [-0.3, -0.25) is 9.80 Å². The average molecular weight is 363 g/mol. The summed E-state index contributed by atoms with van der Waals surface area (Å²) in [5.41, 5.74) is 1.34. The Morgan fingerprint density at radius 1 is 1.28 bits per heavy atom. The molecule has 1 aromatic heterocycles. The van der Waals surface area contributed by atoms with Crippen molar-refractivity contribution in [1.29, 1.82) is 0 Å². The normalized spacial score (nSPS) is 21.1. The SMILES string of the molecule is CN(Cc1cc(C#CCO)cs1)CC1(N2CCOCC2)CCCCC1. The van der Waals surface area contributed by atoms with Gasteiger partial charge >= 0.3 is 0 Å². The van der Waals surface area contributed by atoms with Gasteiger partial charge in [0.2, 0.25) is 0 Å². The molecule has 0 atom stereocenters. The molecule has 0 aromatic carbocycles. The zero-order valence-electron chi connectivity index (χ0n) is 15.3. The summed E-state index contributed by atoms with van der Waals surface area (Å²) in [4.78, 5) is 6.53. The zero-order chi connectivity index (χ0) is 17.5. The fourth-order valence-corrected chi connectivity index (χ4v) is 5.21. The van der Waals surface area contributed by atoms with Gasteiger partial charge in [-0.1, -0.05) is 31.1 Å². The maximum Gasteiger partial charge on any atom is 0.104 e. The van der Waals surface area contributed by atoms with E-state index >= 15 is 0 Å². The molecule has 2 heterocycles. The van der Waals surface area contributed by atoms with Gasteiger partial charge in [0, 0.05) is 47.5 Å². The van der Waals surface area contributed by atoms with Crippen LogP contribution in [-0.4, -0.2) is 66.9 Å². The lowest BCUT2D eigenvalue weighted by molar-refractivity contribution is -0.0490. The smallest absolute Gasteiger partial charge is 0.104 e. The van der Waals surface area contributed by atoms with Gasteiger partial charge in [-0.05, 0) is 26.0 Å². The number of aliphatic hydroxyl groups is 1. The Balaban J connectivity index is 1.63. The summed E-state index contributed by atoms with van der Waals surface area (Å²) in [6, 6.07) is 2.16. The predicted molar refractivity (Wildman–Crippen MR) is 103 cm³/mol. The van der Waals surface area contributed by atoms with Gasteiger partial charge in [0.1, 0.15) is 6.61 Å². The van der Waals surface area contributed by atoms with E-state index in [0.29, 0.717) is 5.54 Å². The second kappa shape index (κ2) is 9.16. The maximum atomic E-state index is 8.82. The number of likely N-dealkylation sites (N-methyl/N-ethyl adjacent to an activating group) is 1. The van der Waals surface area contributed by atoms with Crippen LogP contribution in [0, 0.1) is 11.8 Å². The molecule has 1 aliphatic carbocycles. The third-order valence-electron chi connectivity index (χ3n) is 5.42. The Hall–Kier alpha value is -0.900. The summed E-state index contributed by atoms with van der Waals surface area (Å²) in [5.74, 6) is 5.72. The Kier molecular flexibility index (Phi) is 6.92. The highest BCUT2D eigenvalue weighted by molar-refractivity contribution is 7.10. The van der Waals surface area contributed by atoms with Crippen molar-refractivity contribution in [2.45, 2.75) is 44.2 Å². The Labute approximate surface area is 155 Å². The minimum absolute atomic E-state index is 0.0762. The summed E-state index contributed by atoms with van der Waals surface area (Å²) in [6.07, 6.45) is 6.72. The van der Waals surface area contributed by atoms with Crippen LogP contribution in [0.25, 0.3) is 0 Å². The van der Waals surface area contributed by atoms with Crippen molar-refractivity contribution in [2.75, 3.05) is 46.5 Å². The van der Waals surface area contributed by atoms with Crippen LogP contribution in [0.5, 0.6) is 0 Å². The first-order chi connectivity index (χ1) is 12.2. The molecule has 1 saturated heterocycles. The van der Waals surface area contributed by atoms with Crippen molar-refractivity contribution in [1.82, 2.24) is 9.80 Å². The molecule has 1 saturated carbocycles. The quantitative estimate of drug-likeness (QED) is 0.817. The van der Waals surface area contributed by atoms with E-state index in [2.05, 4.69) is 40.1 Å². The molecule has 1 aromatic rings. The lowest BCUT2D eigenvalue weighted by atomic mass is 9.79. The molecule has 3 rings (SSSR count). The highest BCUT2D eigenvalue weighted by Crippen LogP contribution is 2.35. The topological polar surface area (TPSA) is 35.9 Å². The van der Waals surface area contributed by atoms with Crippen molar-refractivity contribution in [3.63, 3.8) is 0 Å². The van der Waals surface area contributed by atoms with Gasteiger partial charge in [-0.15, -0.1) is 11.3 Å². The summed E-state index contributed by atoms with van der Waals surface area (Å²) < 4.78 is 5.59. The number of hydrogen-bond donors (Lipinski definition) is 1. The molecule has 0 unspecified atom stereocenters. The fourth-order valence-electron chi connectivity index (χ4n) is 4.32. The first-order valence-corrected chi connectivity index (χ1v) is 10.3.